The lowest BCUT2D eigenvalue weighted by molar-refractivity contribution is -0.384. The number of nitrogens with zero attached hydrogens (tertiary/aromatic N) is 1. The Bertz CT molecular complexity index is 1500. The smallest absolute Gasteiger partial charge is 0.464 e. The number of benzene rings is 2. The molecule has 0 radical (unpaired) electrons. The first-order chi connectivity index (χ1) is 22.6. The molecule has 2 N–H and O–H groups in total. The molecule has 48 heavy (non-hydrogen) atoms. The minimum absolute atomic E-state index is 0.00234. The van der Waals surface area contributed by atoms with E-state index in [4.69, 9.17) is 33.2 Å². The van der Waals surface area contributed by atoms with Gasteiger partial charge in [-0.3, -0.25) is 24.4 Å². The average Bonchev–Trinajstić information content (AvgIpc) is 3.01. The number of non-ortho nitro benzene ring substituents is 1. The summed E-state index contributed by atoms with van der Waals surface area (Å²) in [5.74, 6) is -4.37. The summed E-state index contributed by atoms with van der Waals surface area (Å²) < 4.78 is 37.1. The SMILES string of the molecule is COC(=O)C1(OC(C)=O)CCCC(Oc2ccc(COC(=O)Oc3ccc([N+](=O)[O-])cc3)cc2C(=O)NCCNC(=O)OC(C)(C)C)O1. The average molecular weight is 676 g/mol. The first-order valence-electron chi connectivity index (χ1n) is 14.7. The molecule has 2 aromatic rings. The number of rotatable bonds is 12. The van der Waals surface area contributed by atoms with Gasteiger partial charge in [-0.2, -0.15) is 0 Å². The zero-order valence-electron chi connectivity index (χ0n) is 27.0. The van der Waals surface area contributed by atoms with Gasteiger partial charge in [0.1, 0.15) is 23.7 Å². The third kappa shape index (κ3) is 11.1. The summed E-state index contributed by atoms with van der Waals surface area (Å²) in [5.41, 5.74) is -0.584. The van der Waals surface area contributed by atoms with Crippen LogP contribution in [0, 0.1) is 10.1 Å². The predicted molar refractivity (Wildman–Crippen MR) is 163 cm³/mol. The maximum absolute atomic E-state index is 13.3. The van der Waals surface area contributed by atoms with Crippen LogP contribution in [-0.4, -0.2) is 72.9 Å². The van der Waals surface area contributed by atoms with Crippen molar-refractivity contribution in [1.82, 2.24) is 10.6 Å². The van der Waals surface area contributed by atoms with E-state index in [2.05, 4.69) is 10.6 Å². The fourth-order valence-corrected chi connectivity index (χ4v) is 4.31. The molecule has 1 aliphatic rings. The van der Waals surface area contributed by atoms with E-state index in [1.54, 1.807) is 20.8 Å². The summed E-state index contributed by atoms with van der Waals surface area (Å²) in [6.45, 7) is 5.92. The Hall–Kier alpha value is -5.45. The molecular formula is C31H37N3O14. The number of amides is 2. The molecule has 3 rings (SSSR count). The van der Waals surface area contributed by atoms with Crippen LogP contribution in [0.1, 0.15) is 62.9 Å². The summed E-state index contributed by atoms with van der Waals surface area (Å²) in [7, 11) is 1.12. The summed E-state index contributed by atoms with van der Waals surface area (Å²) in [6.07, 6.45) is -2.30. The van der Waals surface area contributed by atoms with Crippen molar-refractivity contribution in [2.24, 2.45) is 0 Å². The van der Waals surface area contributed by atoms with Gasteiger partial charge in [0.25, 0.3) is 11.6 Å². The van der Waals surface area contributed by atoms with Crippen LogP contribution in [0.15, 0.2) is 42.5 Å². The largest absolute Gasteiger partial charge is 0.514 e. The molecule has 1 heterocycles. The fraction of sp³-hybridized carbons (Fsp3) is 0.452. The van der Waals surface area contributed by atoms with Crippen LogP contribution in [0.25, 0.3) is 0 Å². The molecule has 2 atom stereocenters. The quantitative estimate of drug-likeness (QED) is 0.0815. The maximum atomic E-state index is 13.3. The van der Waals surface area contributed by atoms with Crippen LogP contribution >= 0.6 is 0 Å². The van der Waals surface area contributed by atoms with Crippen molar-refractivity contribution >= 4 is 35.8 Å². The number of alkyl carbamates (subject to hydrolysis) is 1. The Morgan fingerprint density at radius 1 is 1.04 bits per heavy atom. The van der Waals surface area contributed by atoms with E-state index < -0.39 is 52.7 Å². The van der Waals surface area contributed by atoms with Crippen molar-refractivity contribution in [3.63, 3.8) is 0 Å². The Morgan fingerprint density at radius 2 is 1.73 bits per heavy atom. The molecule has 1 saturated heterocycles. The highest BCUT2D eigenvalue weighted by molar-refractivity contribution is 5.97. The number of methoxy groups -OCH3 is 1. The number of hydrogen-bond acceptors (Lipinski definition) is 14. The Balaban J connectivity index is 1.75. The summed E-state index contributed by atoms with van der Waals surface area (Å²) in [5, 5.41) is 16.0. The Kier molecular flexibility index (Phi) is 12.6. The molecule has 0 bridgehead atoms. The standard InChI is InChI=1S/C31H37N3O14/c1-19(35)46-31(27(37)42-5)14-6-7-25(47-31)45-24-13-8-20(18-43-29(39)44-22-11-9-21(10-12-22)34(40)41)17-23(24)26(36)32-15-16-33-28(38)48-30(2,3)4/h8-13,17,25H,6-7,14-16,18H2,1-5H3,(H,32,36)(H,33,38). The molecule has 17 heteroatoms. The molecule has 0 saturated carbocycles. The second kappa shape index (κ2) is 16.4. The molecular weight excluding hydrogens is 638 g/mol. The van der Waals surface area contributed by atoms with E-state index in [9.17, 15) is 34.1 Å². The zero-order valence-corrected chi connectivity index (χ0v) is 27.0. The summed E-state index contributed by atoms with van der Waals surface area (Å²) >= 11 is 0. The molecule has 0 aromatic heterocycles. The lowest BCUT2D eigenvalue weighted by Gasteiger charge is -2.37. The minimum Gasteiger partial charge on any atom is -0.464 e. The molecule has 17 nitrogen and oxygen atoms in total. The van der Waals surface area contributed by atoms with Crippen LogP contribution in [0.3, 0.4) is 0 Å². The molecule has 260 valence electrons. The van der Waals surface area contributed by atoms with E-state index in [0.29, 0.717) is 12.0 Å². The zero-order chi connectivity index (χ0) is 35.5. The Labute approximate surface area is 275 Å². The van der Waals surface area contributed by atoms with Gasteiger partial charge < -0.3 is 39.1 Å². The molecule has 2 amide bonds. The topological polar surface area (TPSA) is 217 Å². The summed E-state index contributed by atoms with van der Waals surface area (Å²) in [4.78, 5) is 72.1. The minimum atomic E-state index is -2.04. The van der Waals surface area contributed by atoms with Crippen LogP contribution in [-0.2, 0) is 39.9 Å². The summed E-state index contributed by atoms with van der Waals surface area (Å²) in [6, 6.07) is 9.08. The number of esters is 2. The molecule has 1 fully saturated rings. The van der Waals surface area contributed by atoms with Crippen LogP contribution in [0.2, 0.25) is 0 Å². The van der Waals surface area contributed by atoms with E-state index in [1.165, 1.54) is 30.3 Å². The number of nitrogens with one attached hydrogen (secondary N) is 2. The lowest BCUT2D eigenvalue weighted by Crippen LogP contribution is -2.52. The van der Waals surface area contributed by atoms with Crippen molar-refractivity contribution in [3.8, 4) is 11.5 Å². The first kappa shape index (κ1) is 37.0. The number of nitro groups is 1. The lowest BCUT2D eigenvalue weighted by atomic mass is 10.0. The number of carbonyl (C=O) groups excluding carboxylic acids is 5. The van der Waals surface area contributed by atoms with Gasteiger partial charge in [0.05, 0.1) is 17.6 Å². The predicted octanol–water partition coefficient (Wildman–Crippen LogP) is 3.90. The van der Waals surface area contributed by atoms with Gasteiger partial charge in [-0.05, 0) is 57.0 Å². The van der Waals surface area contributed by atoms with Gasteiger partial charge in [0.15, 0.2) is 0 Å². The van der Waals surface area contributed by atoms with Crippen LogP contribution < -0.4 is 20.1 Å². The van der Waals surface area contributed by atoms with Crippen molar-refractivity contribution in [3.05, 3.63) is 63.7 Å². The van der Waals surface area contributed by atoms with Crippen molar-refractivity contribution in [2.75, 3.05) is 20.2 Å². The van der Waals surface area contributed by atoms with Crippen molar-refractivity contribution in [1.29, 1.82) is 0 Å². The van der Waals surface area contributed by atoms with Gasteiger partial charge in [0, 0.05) is 45.0 Å². The molecule has 0 aliphatic carbocycles. The third-order valence-electron chi connectivity index (χ3n) is 6.30. The van der Waals surface area contributed by atoms with Gasteiger partial charge >= 0.3 is 30.0 Å². The van der Waals surface area contributed by atoms with Crippen molar-refractivity contribution < 1.29 is 62.1 Å². The first-order valence-corrected chi connectivity index (χ1v) is 14.7. The highest BCUT2D eigenvalue weighted by Gasteiger charge is 2.49. The number of ether oxygens (including phenoxy) is 7. The monoisotopic (exact) mass is 675 g/mol. The van der Waals surface area contributed by atoms with Gasteiger partial charge in [-0.1, -0.05) is 6.07 Å². The van der Waals surface area contributed by atoms with Crippen LogP contribution in [0.4, 0.5) is 15.3 Å². The highest BCUT2D eigenvalue weighted by atomic mass is 16.8. The number of nitro benzene ring substituents is 1. The number of hydrogen-bond donors (Lipinski definition) is 2. The molecule has 2 aromatic carbocycles. The second-order valence-electron chi connectivity index (χ2n) is 11.3. The molecule has 0 spiro atoms. The Morgan fingerprint density at radius 3 is 2.35 bits per heavy atom. The maximum Gasteiger partial charge on any atom is 0.514 e. The van der Waals surface area contributed by atoms with Gasteiger partial charge in [-0.25, -0.2) is 14.4 Å². The number of carbonyl (C=O) groups is 5. The second-order valence-corrected chi connectivity index (χ2v) is 11.3. The molecule has 1 aliphatic heterocycles. The van der Waals surface area contributed by atoms with E-state index in [1.807, 2.05) is 0 Å². The van der Waals surface area contributed by atoms with Gasteiger partial charge in [0.2, 0.25) is 6.29 Å². The van der Waals surface area contributed by atoms with E-state index in [-0.39, 0.29) is 55.3 Å². The van der Waals surface area contributed by atoms with Crippen molar-refractivity contribution in [2.45, 2.75) is 71.2 Å². The van der Waals surface area contributed by atoms with Crippen LogP contribution in [0.5, 0.6) is 11.5 Å². The normalized spacial score (nSPS) is 17.2. The third-order valence-corrected chi connectivity index (χ3v) is 6.30. The van der Waals surface area contributed by atoms with Gasteiger partial charge in [-0.15, -0.1) is 0 Å². The van der Waals surface area contributed by atoms with E-state index in [0.717, 1.165) is 26.2 Å². The highest BCUT2D eigenvalue weighted by Crippen LogP contribution is 2.34. The molecule has 2 unspecified atom stereocenters. The fourth-order valence-electron chi connectivity index (χ4n) is 4.31. The van der Waals surface area contributed by atoms with E-state index >= 15 is 0 Å².